The van der Waals surface area contributed by atoms with Gasteiger partial charge in [-0.2, -0.15) is 9.52 Å². The molecule has 1 heterocycles. The first-order valence-electron chi connectivity index (χ1n) is 8.89. The third kappa shape index (κ3) is 4.85. The number of benzene rings is 2. The van der Waals surface area contributed by atoms with Crippen molar-refractivity contribution in [3.8, 4) is 11.5 Å². The van der Waals surface area contributed by atoms with Gasteiger partial charge in [-0.15, -0.1) is 0 Å². The number of anilines is 1. The molecule has 0 bridgehead atoms. The summed E-state index contributed by atoms with van der Waals surface area (Å²) in [6, 6.07) is 11.2. The zero-order chi connectivity index (χ0) is 22.1. The number of ether oxygens (including phenoxy) is 2. The van der Waals surface area contributed by atoms with Gasteiger partial charge in [0.1, 0.15) is 11.5 Å². The van der Waals surface area contributed by atoms with Gasteiger partial charge in [-0.1, -0.05) is 12.1 Å². The first-order chi connectivity index (χ1) is 14.0. The monoisotopic (exact) mass is 453 g/mol. The summed E-state index contributed by atoms with van der Waals surface area (Å²) in [6.45, 7) is 0. The Labute approximate surface area is 176 Å². The first-order valence-corrected chi connectivity index (χ1v) is 12.6. The summed E-state index contributed by atoms with van der Waals surface area (Å²) in [6.07, 6.45) is 2.42. The van der Waals surface area contributed by atoms with Crippen molar-refractivity contribution in [3.05, 3.63) is 53.6 Å². The normalized spacial score (nSPS) is 16.9. The number of hydrogen-bond donors (Lipinski definition) is 1. The van der Waals surface area contributed by atoms with Crippen molar-refractivity contribution in [1.29, 1.82) is 0 Å². The van der Waals surface area contributed by atoms with Crippen molar-refractivity contribution >= 4 is 31.4 Å². The van der Waals surface area contributed by atoms with E-state index in [0.29, 0.717) is 34.0 Å². The number of nitrogens with zero attached hydrogens (tertiary/aromatic N) is 2. The Hall–Kier alpha value is -2.79. The lowest BCUT2D eigenvalue weighted by Gasteiger charge is -2.23. The van der Waals surface area contributed by atoms with Crippen molar-refractivity contribution in [3.63, 3.8) is 0 Å². The van der Waals surface area contributed by atoms with Gasteiger partial charge in [-0.25, -0.2) is 16.8 Å². The summed E-state index contributed by atoms with van der Waals surface area (Å²) in [5.41, 5.74) is 2.10. The Morgan fingerprint density at radius 3 is 2.37 bits per heavy atom. The van der Waals surface area contributed by atoms with Crippen LogP contribution >= 0.6 is 0 Å². The lowest BCUT2D eigenvalue weighted by molar-refractivity contribution is 0.348. The lowest BCUT2D eigenvalue weighted by Crippen LogP contribution is -2.26. The maximum Gasteiger partial charge on any atom is 0.247 e. The SMILES string of the molecule is COc1ccc(OC)c(C2CC(c3cccc(NS(C)(=O)=O)c3)=NN2S(C)(=O)=O)c1. The minimum atomic E-state index is -3.69. The average molecular weight is 454 g/mol. The maximum atomic E-state index is 12.5. The quantitative estimate of drug-likeness (QED) is 0.687. The van der Waals surface area contributed by atoms with Gasteiger partial charge in [0, 0.05) is 17.7 Å². The molecule has 3 rings (SSSR count). The highest BCUT2D eigenvalue weighted by molar-refractivity contribution is 7.92. The molecule has 1 aliphatic heterocycles. The van der Waals surface area contributed by atoms with Crippen LogP contribution in [0, 0.1) is 0 Å². The molecule has 2 aromatic carbocycles. The topological polar surface area (TPSA) is 114 Å². The van der Waals surface area contributed by atoms with E-state index >= 15 is 0 Å². The molecule has 0 saturated heterocycles. The van der Waals surface area contributed by atoms with E-state index in [1.165, 1.54) is 14.2 Å². The van der Waals surface area contributed by atoms with Gasteiger partial charge in [-0.3, -0.25) is 4.72 Å². The highest BCUT2D eigenvalue weighted by Gasteiger charge is 2.36. The van der Waals surface area contributed by atoms with Crippen LogP contribution in [0.2, 0.25) is 0 Å². The van der Waals surface area contributed by atoms with E-state index in [4.69, 9.17) is 9.47 Å². The van der Waals surface area contributed by atoms with Gasteiger partial charge in [0.25, 0.3) is 0 Å². The number of rotatable bonds is 7. The van der Waals surface area contributed by atoms with Gasteiger partial charge in [-0.05, 0) is 35.9 Å². The second kappa shape index (κ2) is 8.15. The molecule has 0 saturated carbocycles. The molecule has 162 valence electrons. The van der Waals surface area contributed by atoms with Crippen LogP contribution in [0.4, 0.5) is 5.69 Å². The molecule has 0 radical (unpaired) electrons. The van der Waals surface area contributed by atoms with Crippen LogP contribution in [0.15, 0.2) is 47.6 Å². The van der Waals surface area contributed by atoms with Crippen LogP contribution in [0.25, 0.3) is 0 Å². The van der Waals surface area contributed by atoms with Gasteiger partial charge < -0.3 is 9.47 Å². The molecule has 2 aromatic rings. The number of hydrazone groups is 1. The van der Waals surface area contributed by atoms with Gasteiger partial charge >= 0.3 is 0 Å². The van der Waals surface area contributed by atoms with E-state index in [-0.39, 0.29) is 6.42 Å². The summed E-state index contributed by atoms with van der Waals surface area (Å²) in [5, 5.41) is 4.34. The molecule has 0 aromatic heterocycles. The fraction of sp³-hybridized carbons (Fsp3) is 0.316. The van der Waals surface area contributed by atoms with Crippen molar-refractivity contribution in [2.24, 2.45) is 5.10 Å². The minimum Gasteiger partial charge on any atom is -0.497 e. The molecule has 1 atom stereocenters. The lowest BCUT2D eigenvalue weighted by atomic mass is 9.98. The largest absolute Gasteiger partial charge is 0.497 e. The summed E-state index contributed by atoms with van der Waals surface area (Å²) in [4.78, 5) is 0. The molecule has 0 aliphatic carbocycles. The third-order valence-electron chi connectivity index (χ3n) is 4.51. The first kappa shape index (κ1) is 21.9. The van der Waals surface area contributed by atoms with Crippen molar-refractivity contribution < 1.29 is 26.3 Å². The fourth-order valence-corrected chi connectivity index (χ4v) is 4.73. The Morgan fingerprint density at radius 1 is 1.03 bits per heavy atom. The molecule has 0 fully saturated rings. The average Bonchev–Trinajstić information content (AvgIpc) is 3.12. The molecule has 30 heavy (non-hydrogen) atoms. The highest BCUT2D eigenvalue weighted by Crippen LogP contribution is 2.40. The molecule has 11 heteroatoms. The Balaban J connectivity index is 2.04. The molecule has 1 aliphatic rings. The van der Waals surface area contributed by atoms with Crippen LogP contribution in [0.1, 0.15) is 23.6 Å². The molecule has 9 nitrogen and oxygen atoms in total. The summed E-state index contributed by atoms with van der Waals surface area (Å²) < 4.78 is 62.2. The number of hydrogen-bond acceptors (Lipinski definition) is 7. The van der Waals surface area contributed by atoms with Gasteiger partial charge in [0.15, 0.2) is 0 Å². The van der Waals surface area contributed by atoms with Crippen LogP contribution in [-0.4, -0.2) is 53.7 Å². The predicted molar refractivity (Wildman–Crippen MR) is 115 cm³/mol. The molecular weight excluding hydrogens is 430 g/mol. The van der Waals surface area contributed by atoms with E-state index in [1.807, 2.05) is 0 Å². The molecular formula is C19H23N3O6S2. The van der Waals surface area contributed by atoms with Crippen molar-refractivity contribution in [2.45, 2.75) is 12.5 Å². The van der Waals surface area contributed by atoms with Crippen LogP contribution in [0.3, 0.4) is 0 Å². The molecule has 1 unspecified atom stereocenters. The smallest absolute Gasteiger partial charge is 0.247 e. The highest BCUT2D eigenvalue weighted by atomic mass is 32.2. The van der Waals surface area contributed by atoms with Crippen LogP contribution in [-0.2, 0) is 20.0 Å². The second-order valence-corrected chi connectivity index (χ2v) is 10.5. The van der Waals surface area contributed by atoms with Crippen LogP contribution in [0.5, 0.6) is 11.5 Å². The molecule has 0 amide bonds. The van der Waals surface area contributed by atoms with E-state index in [0.717, 1.165) is 16.9 Å². The summed E-state index contributed by atoms with van der Waals surface area (Å²) in [7, 11) is -4.10. The maximum absolute atomic E-state index is 12.5. The fourth-order valence-electron chi connectivity index (χ4n) is 3.28. The molecule has 1 N–H and O–H groups in total. The van der Waals surface area contributed by atoms with E-state index in [9.17, 15) is 16.8 Å². The predicted octanol–water partition coefficient (Wildman–Crippen LogP) is 2.19. The van der Waals surface area contributed by atoms with E-state index < -0.39 is 26.1 Å². The van der Waals surface area contributed by atoms with Gasteiger partial charge in [0.2, 0.25) is 20.0 Å². The number of sulfonamides is 2. The summed E-state index contributed by atoms with van der Waals surface area (Å²) in [5.74, 6) is 1.07. The number of nitrogens with one attached hydrogen (secondary N) is 1. The third-order valence-corrected chi connectivity index (χ3v) is 6.13. The second-order valence-electron chi connectivity index (χ2n) is 6.87. The Bertz CT molecular complexity index is 1190. The van der Waals surface area contributed by atoms with Crippen molar-refractivity contribution in [2.75, 3.05) is 31.5 Å². The zero-order valence-electron chi connectivity index (χ0n) is 17.0. The van der Waals surface area contributed by atoms with E-state index in [1.54, 1.807) is 42.5 Å². The number of methoxy groups -OCH3 is 2. The summed E-state index contributed by atoms with van der Waals surface area (Å²) >= 11 is 0. The van der Waals surface area contributed by atoms with E-state index in [2.05, 4.69) is 9.82 Å². The minimum absolute atomic E-state index is 0.277. The molecule has 0 spiro atoms. The Kier molecular flexibility index (Phi) is 5.95. The van der Waals surface area contributed by atoms with Crippen molar-refractivity contribution in [1.82, 2.24) is 4.41 Å². The Morgan fingerprint density at radius 2 is 1.77 bits per heavy atom. The zero-order valence-corrected chi connectivity index (χ0v) is 18.6. The van der Waals surface area contributed by atoms with Gasteiger partial charge in [0.05, 0.1) is 38.5 Å². The standard InChI is InChI=1S/C19H23N3O6S2/c1-27-15-8-9-19(28-2)16(11-15)18-12-17(20-22(18)30(4,25)26)13-6-5-7-14(10-13)21-29(3,23)24/h5-11,18,21H,12H2,1-4H3. The van der Waals surface area contributed by atoms with Crippen LogP contribution < -0.4 is 14.2 Å².